The molecule has 0 aliphatic heterocycles. The Morgan fingerprint density at radius 2 is 1.77 bits per heavy atom. The van der Waals surface area contributed by atoms with Crippen LogP contribution in [0.1, 0.15) is 5.56 Å². The molecular weight excluding hydrogens is 174 g/mol. The van der Waals surface area contributed by atoms with Gasteiger partial charge < -0.3 is 20.5 Å². The number of aromatic hydroxyl groups is 3. The maximum atomic E-state index is 9.28. The van der Waals surface area contributed by atoms with E-state index in [1.54, 1.807) is 0 Å². The smallest absolute Gasteiger partial charge is 0.200 e. The second kappa shape index (κ2) is 3.51. The van der Waals surface area contributed by atoms with Crippen LogP contribution in [0.5, 0.6) is 17.2 Å². The Hall–Kier alpha value is -1.46. The van der Waals surface area contributed by atoms with Crippen molar-refractivity contribution >= 4 is 0 Å². The van der Waals surface area contributed by atoms with E-state index in [1.165, 1.54) is 19.2 Å². The Balaban J connectivity index is 3.04. The number of benzene rings is 1. The summed E-state index contributed by atoms with van der Waals surface area (Å²) < 4.78 is 0. The summed E-state index contributed by atoms with van der Waals surface area (Å²) in [7, 11) is 1.41. The molecule has 13 heavy (non-hydrogen) atoms. The molecule has 4 N–H and O–H groups in total. The summed E-state index contributed by atoms with van der Waals surface area (Å²) in [5.41, 5.74) is 0.334. The molecule has 1 aromatic carbocycles. The van der Waals surface area contributed by atoms with Gasteiger partial charge in [-0.1, -0.05) is 0 Å². The third-order valence-corrected chi connectivity index (χ3v) is 1.61. The highest BCUT2D eigenvalue weighted by Gasteiger charge is 2.11. The topological polar surface area (TPSA) is 84.2 Å². The first-order valence-corrected chi connectivity index (χ1v) is 3.65. The van der Waals surface area contributed by atoms with Crippen LogP contribution in [0.15, 0.2) is 12.1 Å². The normalized spacial score (nSPS) is 10.7. The second-order valence-electron chi connectivity index (χ2n) is 2.76. The van der Waals surface area contributed by atoms with Gasteiger partial charge in [-0.3, -0.25) is 0 Å². The van der Waals surface area contributed by atoms with E-state index >= 15 is 0 Å². The molecule has 0 saturated carbocycles. The zero-order valence-electron chi connectivity index (χ0n) is 7.10. The Bertz CT molecular complexity index is 311. The summed E-state index contributed by atoms with van der Waals surface area (Å²) in [5, 5.41) is 37.1. The fourth-order valence-corrected chi connectivity index (χ4v) is 0.985. The maximum Gasteiger partial charge on any atom is 0.200 e. The molecular formula is C8H11NO4. The average Bonchev–Trinajstić information content (AvgIpc) is 2.06. The van der Waals surface area contributed by atoms with Crippen molar-refractivity contribution in [3.63, 3.8) is 0 Å². The van der Waals surface area contributed by atoms with Crippen molar-refractivity contribution in [1.29, 1.82) is 0 Å². The minimum Gasteiger partial charge on any atom is -0.504 e. The molecule has 0 aliphatic rings. The molecule has 0 radical (unpaired) electrons. The molecule has 0 amide bonds. The third kappa shape index (κ3) is 2.01. The molecule has 72 valence electrons. The van der Waals surface area contributed by atoms with Gasteiger partial charge in [0, 0.05) is 12.6 Å². The van der Waals surface area contributed by atoms with Gasteiger partial charge >= 0.3 is 0 Å². The largest absolute Gasteiger partial charge is 0.504 e. The molecule has 0 unspecified atom stereocenters. The van der Waals surface area contributed by atoms with Crippen LogP contribution in [-0.2, 0) is 6.54 Å². The highest BCUT2D eigenvalue weighted by atomic mass is 16.5. The molecule has 0 atom stereocenters. The molecule has 0 spiro atoms. The van der Waals surface area contributed by atoms with E-state index in [9.17, 15) is 5.11 Å². The first-order valence-electron chi connectivity index (χ1n) is 3.65. The van der Waals surface area contributed by atoms with Gasteiger partial charge in [0.25, 0.3) is 0 Å². The number of hydroxylamine groups is 2. The summed E-state index contributed by atoms with van der Waals surface area (Å²) in [5.74, 6) is -1.37. The molecule has 0 bridgehead atoms. The lowest BCUT2D eigenvalue weighted by atomic mass is 10.1. The number of rotatable bonds is 2. The van der Waals surface area contributed by atoms with E-state index in [2.05, 4.69) is 0 Å². The Morgan fingerprint density at radius 3 is 2.31 bits per heavy atom. The lowest BCUT2D eigenvalue weighted by Crippen LogP contribution is -2.11. The summed E-state index contributed by atoms with van der Waals surface area (Å²) >= 11 is 0. The zero-order chi connectivity index (χ0) is 10.0. The van der Waals surface area contributed by atoms with Gasteiger partial charge in [0.2, 0.25) is 5.75 Å². The SMILES string of the molecule is CN(O)Cc1ccc(O)c(O)c1O. The van der Waals surface area contributed by atoms with E-state index in [4.69, 9.17) is 15.4 Å². The molecule has 0 fully saturated rings. The van der Waals surface area contributed by atoms with Crippen LogP contribution in [0.2, 0.25) is 0 Å². The molecule has 0 aliphatic carbocycles. The van der Waals surface area contributed by atoms with Gasteiger partial charge in [0.1, 0.15) is 0 Å². The quantitative estimate of drug-likeness (QED) is 0.401. The molecule has 1 aromatic rings. The van der Waals surface area contributed by atoms with Gasteiger partial charge in [0.05, 0.1) is 6.54 Å². The van der Waals surface area contributed by atoms with Gasteiger partial charge in [-0.15, -0.1) is 0 Å². The standard InChI is InChI=1S/C8H11NO4/c1-9(13)4-5-2-3-6(10)8(12)7(5)11/h2-3,10-13H,4H2,1H3. The lowest BCUT2D eigenvalue weighted by molar-refractivity contribution is -0.0736. The fraction of sp³-hybridized carbons (Fsp3) is 0.250. The van der Waals surface area contributed by atoms with E-state index in [1.807, 2.05) is 0 Å². The van der Waals surface area contributed by atoms with Crippen LogP contribution in [0.25, 0.3) is 0 Å². The molecule has 0 heterocycles. The second-order valence-corrected chi connectivity index (χ2v) is 2.76. The summed E-state index contributed by atoms with van der Waals surface area (Å²) in [4.78, 5) is 0. The van der Waals surface area contributed by atoms with Crippen LogP contribution in [0.3, 0.4) is 0 Å². The summed E-state index contributed by atoms with van der Waals surface area (Å²) in [6, 6.07) is 2.66. The average molecular weight is 185 g/mol. The van der Waals surface area contributed by atoms with Gasteiger partial charge in [0.15, 0.2) is 11.5 Å². The number of hydrogen-bond donors (Lipinski definition) is 4. The molecule has 0 saturated heterocycles. The Labute approximate surface area is 75.1 Å². The van der Waals surface area contributed by atoms with Gasteiger partial charge in [-0.2, -0.15) is 5.06 Å². The van der Waals surface area contributed by atoms with E-state index in [0.717, 1.165) is 5.06 Å². The number of phenolic OH excluding ortho intramolecular Hbond substituents is 3. The predicted octanol–water partition coefficient (Wildman–Crippen LogP) is 0.624. The summed E-state index contributed by atoms with van der Waals surface area (Å²) in [6.45, 7) is 0.0691. The van der Waals surface area contributed by atoms with Gasteiger partial charge in [-0.05, 0) is 12.1 Å². The van der Waals surface area contributed by atoms with Crippen LogP contribution >= 0.6 is 0 Å². The van der Waals surface area contributed by atoms with Crippen molar-refractivity contribution in [1.82, 2.24) is 5.06 Å². The van der Waals surface area contributed by atoms with Crippen LogP contribution in [0, 0.1) is 0 Å². The number of phenols is 3. The van der Waals surface area contributed by atoms with Crippen LogP contribution in [-0.4, -0.2) is 32.6 Å². The van der Waals surface area contributed by atoms with Gasteiger partial charge in [-0.25, -0.2) is 0 Å². The minimum atomic E-state index is -0.570. The lowest BCUT2D eigenvalue weighted by Gasteiger charge is -2.10. The molecule has 0 aromatic heterocycles. The first-order chi connectivity index (χ1) is 6.02. The first kappa shape index (κ1) is 9.63. The van der Waals surface area contributed by atoms with Crippen molar-refractivity contribution in [2.75, 3.05) is 7.05 Å². The highest BCUT2D eigenvalue weighted by Crippen LogP contribution is 2.37. The van der Waals surface area contributed by atoms with E-state index in [0.29, 0.717) is 5.56 Å². The van der Waals surface area contributed by atoms with Crippen molar-refractivity contribution < 1.29 is 20.5 Å². The fourth-order valence-electron chi connectivity index (χ4n) is 0.985. The molecule has 5 heteroatoms. The molecule has 1 rings (SSSR count). The van der Waals surface area contributed by atoms with Crippen molar-refractivity contribution in [2.45, 2.75) is 6.54 Å². The third-order valence-electron chi connectivity index (χ3n) is 1.61. The van der Waals surface area contributed by atoms with E-state index < -0.39 is 11.5 Å². The Kier molecular flexibility index (Phi) is 2.60. The van der Waals surface area contributed by atoms with Crippen molar-refractivity contribution in [3.8, 4) is 17.2 Å². The van der Waals surface area contributed by atoms with Crippen LogP contribution in [0.4, 0.5) is 0 Å². The number of nitrogens with zero attached hydrogens (tertiary/aromatic N) is 1. The highest BCUT2D eigenvalue weighted by molar-refractivity contribution is 5.52. The number of hydrogen-bond acceptors (Lipinski definition) is 5. The summed E-state index contributed by atoms with van der Waals surface area (Å²) in [6.07, 6.45) is 0. The minimum absolute atomic E-state index is 0.0691. The maximum absolute atomic E-state index is 9.28. The monoisotopic (exact) mass is 185 g/mol. The van der Waals surface area contributed by atoms with Crippen LogP contribution < -0.4 is 0 Å². The Morgan fingerprint density at radius 1 is 1.15 bits per heavy atom. The van der Waals surface area contributed by atoms with Crippen molar-refractivity contribution in [2.24, 2.45) is 0 Å². The van der Waals surface area contributed by atoms with Crippen molar-refractivity contribution in [3.05, 3.63) is 17.7 Å². The zero-order valence-corrected chi connectivity index (χ0v) is 7.10. The van der Waals surface area contributed by atoms with E-state index in [-0.39, 0.29) is 12.3 Å². The predicted molar refractivity (Wildman–Crippen MR) is 44.7 cm³/mol. The molecule has 5 nitrogen and oxygen atoms in total.